The number of anilines is 1. The van der Waals surface area contributed by atoms with Gasteiger partial charge < -0.3 is 14.5 Å². The van der Waals surface area contributed by atoms with E-state index in [0.29, 0.717) is 0 Å². The third-order valence-electron chi connectivity index (χ3n) is 5.48. The van der Waals surface area contributed by atoms with Crippen molar-refractivity contribution in [3.8, 4) is 16.9 Å². The number of methoxy groups -OCH3 is 1. The molecule has 0 saturated carbocycles. The van der Waals surface area contributed by atoms with Crippen LogP contribution >= 0.6 is 0 Å². The highest BCUT2D eigenvalue weighted by atomic mass is 16.5. The lowest BCUT2D eigenvalue weighted by Gasteiger charge is -2.30. The van der Waals surface area contributed by atoms with Crippen LogP contribution in [-0.4, -0.2) is 31.0 Å². The fraction of sp³-hybridized carbons (Fsp3) is 0.292. The Morgan fingerprint density at radius 1 is 1.10 bits per heavy atom. The summed E-state index contributed by atoms with van der Waals surface area (Å²) < 4.78 is 10.8. The molecule has 1 aliphatic rings. The van der Waals surface area contributed by atoms with Gasteiger partial charge in [0.05, 0.1) is 19.9 Å². The molecule has 5 nitrogen and oxygen atoms in total. The number of amides is 1. The van der Waals surface area contributed by atoms with Gasteiger partial charge in [-0.3, -0.25) is 9.69 Å². The number of piperidine rings is 1. The summed E-state index contributed by atoms with van der Waals surface area (Å²) in [5, 5.41) is 3.16. The molecule has 2 heterocycles. The average molecular weight is 390 g/mol. The molecule has 1 amide bonds. The molecule has 5 heteroatoms. The predicted molar refractivity (Wildman–Crippen MR) is 114 cm³/mol. The molecular formula is C24H26N2O3. The molecule has 0 bridgehead atoms. The molecule has 1 aliphatic heterocycles. The topological polar surface area (TPSA) is 54.7 Å². The first-order valence-corrected chi connectivity index (χ1v) is 10.0. The summed E-state index contributed by atoms with van der Waals surface area (Å²) in [4.78, 5) is 15.3. The standard InChI is InChI=1S/C24H26N2O3/c1-28-20-7-4-6-19(16-20)22-9-2-3-10-23(22)25-24(27)18-11-13-26(14-12-18)17-21-8-5-15-29-21/h2-10,15-16,18H,11-14,17H2,1H3,(H,25,27). The monoisotopic (exact) mass is 390 g/mol. The SMILES string of the molecule is COc1cccc(-c2ccccc2NC(=O)C2CCN(Cc3ccco3)CC2)c1. The zero-order valence-corrected chi connectivity index (χ0v) is 16.6. The molecule has 1 aromatic heterocycles. The number of hydrogen-bond acceptors (Lipinski definition) is 4. The van der Waals surface area contributed by atoms with Gasteiger partial charge in [-0.1, -0.05) is 30.3 Å². The molecule has 3 aromatic rings. The van der Waals surface area contributed by atoms with E-state index in [4.69, 9.17) is 9.15 Å². The van der Waals surface area contributed by atoms with Gasteiger partial charge in [0.15, 0.2) is 0 Å². The average Bonchev–Trinajstić information content (AvgIpc) is 3.28. The molecule has 1 N–H and O–H groups in total. The summed E-state index contributed by atoms with van der Waals surface area (Å²) in [5.74, 6) is 1.90. The van der Waals surface area contributed by atoms with Crippen LogP contribution in [0.15, 0.2) is 71.3 Å². The van der Waals surface area contributed by atoms with E-state index < -0.39 is 0 Å². The van der Waals surface area contributed by atoms with Crippen molar-refractivity contribution in [2.24, 2.45) is 5.92 Å². The Balaban J connectivity index is 1.40. The molecule has 0 unspecified atom stereocenters. The van der Waals surface area contributed by atoms with Gasteiger partial charge in [-0.05, 0) is 61.8 Å². The molecule has 1 saturated heterocycles. The van der Waals surface area contributed by atoms with Crippen molar-refractivity contribution in [2.75, 3.05) is 25.5 Å². The Bertz CT molecular complexity index is 944. The summed E-state index contributed by atoms with van der Waals surface area (Å²) >= 11 is 0. The zero-order chi connectivity index (χ0) is 20.1. The Kier molecular flexibility index (Phi) is 5.96. The van der Waals surface area contributed by atoms with Crippen LogP contribution in [0.5, 0.6) is 5.75 Å². The minimum atomic E-state index is 0.0289. The summed E-state index contributed by atoms with van der Waals surface area (Å²) in [6.07, 6.45) is 3.41. The molecular weight excluding hydrogens is 364 g/mol. The third kappa shape index (κ3) is 4.69. The van der Waals surface area contributed by atoms with Crippen LogP contribution in [0.4, 0.5) is 5.69 Å². The van der Waals surface area contributed by atoms with E-state index in [1.165, 1.54) is 0 Å². The van der Waals surface area contributed by atoms with Crippen molar-refractivity contribution < 1.29 is 13.9 Å². The van der Waals surface area contributed by atoms with Crippen LogP contribution < -0.4 is 10.1 Å². The van der Waals surface area contributed by atoms with Crippen molar-refractivity contribution in [3.05, 3.63) is 72.7 Å². The van der Waals surface area contributed by atoms with Crippen molar-refractivity contribution in [1.82, 2.24) is 4.90 Å². The largest absolute Gasteiger partial charge is 0.497 e. The zero-order valence-electron chi connectivity index (χ0n) is 16.6. The van der Waals surface area contributed by atoms with Gasteiger partial charge in [-0.2, -0.15) is 0 Å². The first-order valence-electron chi connectivity index (χ1n) is 10.0. The number of carbonyl (C=O) groups is 1. The van der Waals surface area contributed by atoms with E-state index >= 15 is 0 Å². The number of hydrogen-bond donors (Lipinski definition) is 1. The van der Waals surface area contributed by atoms with Gasteiger partial charge in [0.1, 0.15) is 11.5 Å². The van der Waals surface area contributed by atoms with E-state index in [1.807, 2.05) is 60.7 Å². The van der Waals surface area contributed by atoms with E-state index in [2.05, 4.69) is 10.2 Å². The minimum Gasteiger partial charge on any atom is -0.497 e. The molecule has 1 fully saturated rings. The highest BCUT2D eigenvalue weighted by Gasteiger charge is 2.26. The maximum atomic E-state index is 12.9. The quantitative estimate of drug-likeness (QED) is 0.656. The summed E-state index contributed by atoms with van der Waals surface area (Å²) in [7, 11) is 1.66. The first kappa shape index (κ1) is 19.3. The van der Waals surface area contributed by atoms with E-state index in [1.54, 1.807) is 13.4 Å². The maximum absolute atomic E-state index is 12.9. The molecule has 2 aromatic carbocycles. The van der Waals surface area contributed by atoms with Gasteiger partial charge in [-0.15, -0.1) is 0 Å². The van der Waals surface area contributed by atoms with Gasteiger partial charge in [0.25, 0.3) is 0 Å². The summed E-state index contributed by atoms with van der Waals surface area (Å²) in [5.41, 5.74) is 2.85. The van der Waals surface area contributed by atoms with Crippen LogP contribution in [0.25, 0.3) is 11.1 Å². The molecule has 4 rings (SSSR count). The third-order valence-corrected chi connectivity index (χ3v) is 5.48. The number of nitrogens with zero attached hydrogens (tertiary/aromatic N) is 1. The second kappa shape index (κ2) is 8.97. The lowest BCUT2D eigenvalue weighted by molar-refractivity contribution is -0.121. The van der Waals surface area contributed by atoms with Gasteiger partial charge in [0, 0.05) is 17.2 Å². The van der Waals surface area contributed by atoms with Crippen LogP contribution in [0.2, 0.25) is 0 Å². The Hall–Kier alpha value is -3.05. The number of nitrogens with one attached hydrogen (secondary N) is 1. The molecule has 0 radical (unpaired) electrons. The first-order chi connectivity index (χ1) is 14.2. The maximum Gasteiger partial charge on any atom is 0.227 e. The van der Waals surface area contributed by atoms with Crippen LogP contribution in [0, 0.1) is 5.92 Å². The number of benzene rings is 2. The molecule has 29 heavy (non-hydrogen) atoms. The predicted octanol–water partition coefficient (Wildman–Crippen LogP) is 4.81. The Morgan fingerprint density at radius 2 is 1.93 bits per heavy atom. The lowest BCUT2D eigenvalue weighted by Crippen LogP contribution is -2.37. The van der Waals surface area contributed by atoms with Crippen molar-refractivity contribution >= 4 is 11.6 Å². The van der Waals surface area contributed by atoms with Crippen LogP contribution in [0.1, 0.15) is 18.6 Å². The molecule has 0 aliphatic carbocycles. The molecule has 0 atom stereocenters. The summed E-state index contributed by atoms with van der Waals surface area (Å²) in [6.45, 7) is 2.60. The molecule has 150 valence electrons. The van der Waals surface area contributed by atoms with Gasteiger partial charge in [-0.25, -0.2) is 0 Å². The highest BCUT2D eigenvalue weighted by molar-refractivity contribution is 5.96. The number of carbonyl (C=O) groups excluding carboxylic acids is 1. The number of furan rings is 1. The van der Waals surface area contributed by atoms with Crippen molar-refractivity contribution in [1.29, 1.82) is 0 Å². The Labute approximate surface area is 171 Å². The van der Waals surface area contributed by atoms with Gasteiger partial charge >= 0.3 is 0 Å². The minimum absolute atomic E-state index is 0.0289. The normalized spacial score (nSPS) is 15.2. The number of rotatable bonds is 6. The van der Waals surface area contributed by atoms with Gasteiger partial charge in [0.2, 0.25) is 5.91 Å². The summed E-state index contributed by atoms with van der Waals surface area (Å²) in [6, 6.07) is 19.7. The Morgan fingerprint density at radius 3 is 2.69 bits per heavy atom. The fourth-order valence-corrected chi connectivity index (χ4v) is 3.85. The highest BCUT2D eigenvalue weighted by Crippen LogP contribution is 2.31. The second-order valence-electron chi connectivity index (χ2n) is 7.40. The number of ether oxygens (including phenoxy) is 1. The second-order valence-corrected chi connectivity index (χ2v) is 7.40. The lowest BCUT2D eigenvalue weighted by atomic mass is 9.95. The van der Waals surface area contributed by atoms with Crippen molar-refractivity contribution in [3.63, 3.8) is 0 Å². The fourth-order valence-electron chi connectivity index (χ4n) is 3.85. The smallest absolute Gasteiger partial charge is 0.227 e. The number of likely N-dealkylation sites (tertiary alicyclic amines) is 1. The molecule has 0 spiro atoms. The van der Waals surface area contributed by atoms with E-state index in [9.17, 15) is 4.79 Å². The number of para-hydroxylation sites is 1. The van der Waals surface area contributed by atoms with E-state index in [-0.39, 0.29) is 11.8 Å². The van der Waals surface area contributed by atoms with E-state index in [0.717, 1.165) is 60.8 Å². The van der Waals surface area contributed by atoms with Crippen LogP contribution in [0.3, 0.4) is 0 Å². The van der Waals surface area contributed by atoms with Crippen LogP contribution in [-0.2, 0) is 11.3 Å². The van der Waals surface area contributed by atoms with Crippen molar-refractivity contribution in [2.45, 2.75) is 19.4 Å².